The Labute approximate surface area is 744 Å². The molecule has 3 saturated heterocycles. The fourth-order valence-corrected chi connectivity index (χ4v) is 14.9. The molecule has 0 saturated carbocycles. The monoisotopic (exact) mass is 1800 g/mol. The molecule has 3 heterocycles. The molecule has 16 unspecified atom stereocenters. The number of nitrogens with one attached hydrogen (secondary N) is 8. The molecule has 0 bridgehead atoms. The lowest BCUT2D eigenvalue weighted by atomic mass is 9.94. The van der Waals surface area contributed by atoms with Crippen LogP contribution in [-0.4, -0.2) is 269 Å². The second kappa shape index (κ2) is 61.7. The smallest absolute Gasteiger partial charge is 0.306 e. The number of hydrogen-bond donors (Lipinski definition) is 8. The Hall–Kier alpha value is -9.67. The zero-order valence-corrected chi connectivity index (χ0v) is 76.0. The number of rotatable bonds is 62. The second-order valence-electron chi connectivity index (χ2n) is 31.8. The molecule has 716 valence electrons. The first-order valence-corrected chi connectivity index (χ1v) is 44.6. The summed E-state index contributed by atoms with van der Waals surface area (Å²) in [6.07, 6.45) is -3.88. The minimum Gasteiger partial charge on any atom is -0.461 e. The van der Waals surface area contributed by atoms with Crippen molar-refractivity contribution in [3.63, 3.8) is 0 Å². The van der Waals surface area contributed by atoms with Crippen LogP contribution in [0.3, 0.4) is 0 Å². The second-order valence-corrected chi connectivity index (χ2v) is 31.8. The molecule has 3 aliphatic rings. The highest BCUT2D eigenvalue weighted by molar-refractivity contribution is 5.87. The van der Waals surface area contributed by atoms with Crippen molar-refractivity contribution in [2.75, 3.05) is 65.6 Å². The van der Waals surface area contributed by atoms with Gasteiger partial charge in [0.15, 0.2) is 55.5 Å². The van der Waals surface area contributed by atoms with Gasteiger partial charge in [-0.15, -0.1) is 0 Å². The predicted octanol–water partition coefficient (Wildman–Crippen LogP) is 4.65. The van der Waals surface area contributed by atoms with Crippen LogP contribution < -0.4 is 42.5 Å². The molecule has 39 heteroatoms. The minimum atomic E-state index is -1.16. The molecule has 0 radical (unpaired) electrons. The van der Waals surface area contributed by atoms with Crippen LogP contribution in [0.4, 0.5) is 0 Å². The average Bonchev–Trinajstić information content (AvgIpc) is 0.797. The Morgan fingerprint density at radius 3 is 1.10 bits per heavy atom. The van der Waals surface area contributed by atoms with Crippen LogP contribution in [0.1, 0.15) is 256 Å². The number of Topliss-reactive ketones (excluding diaryl/α,β-unsaturated/α-hetero) is 2. The number of ether oxygens (including phenoxy) is 13. The Morgan fingerprint density at radius 1 is 0.346 bits per heavy atom. The lowest BCUT2D eigenvalue weighted by molar-refractivity contribution is -0.272. The molecule has 1 aromatic carbocycles. The van der Waals surface area contributed by atoms with Gasteiger partial charge in [-0.2, -0.15) is 0 Å². The van der Waals surface area contributed by atoms with Crippen LogP contribution in [0.2, 0.25) is 0 Å². The van der Waals surface area contributed by atoms with E-state index in [4.69, 9.17) is 61.6 Å². The molecule has 3 aliphatic heterocycles. The molecular formula is C88H139N9O30. The minimum absolute atomic E-state index is 0.0136. The number of nitrogens with zero attached hydrogens (tertiary/aromatic N) is 1. The highest BCUT2D eigenvalue weighted by Crippen LogP contribution is 2.33. The third-order valence-corrected chi connectivity index (χ3v) is 20.7. The first-order valence-electron chi connectivity index (χ1n) is 44.6. The summed E-state index contributed by atoms with van der Waals surface area (Å²) in [4.78, 5) is 219. The molecule has 16 atom stereocenters. The standard InChI is InChI=1S/C88H139N9O30/c1-13-68-79(119-58(7)101)82(122-61(10)104)76(94-55(4)98)86(125-68)115-49-28-18-24-40-71(109)89-44-27-26-37-66(108)52-97(53-74(112)92-47-32-45-90-72(110)41-25-19-29-50-116-87-77(95-56(5)99)83(123-62(11)105)80(120-59(8)102)69(14-2)126-87)67(39-23-17-22-36-65(107)38-30-43-75(113)118-54-64-34-20-16-21-35-64)85(114)93-48-33-46-91-73(111)42-31-51-117-88-78(96-57(6)100)84(124-63(12)106)81(121-60(9)103)70(15-3)127-88/h16,20-21,34-35,67-70,76-84,86-88H,13-15,17-19,22-33,36-54H2,1-12H3,(H,89,109)(H,90,110)(H,91,111)(H,92,112)(H,93,114)(H,94,98)(H,95,99)(H,96,100). The number of hydrogen-bond acceptors (Lipinski definition) is 31. The van der Waals surface area contributed by atoms with E-state index in [0.29, 0.717) is 103 Å². The van der Waals surface area contributed by atoms with Crippen molar-refractivity contribution in [3.05, 3.63) is 35.9 Å². The van der Waals surface area contributed by atoms with Gasteiger partial charge >= 0.3 is 41.8 Å². The molecule has 8 amide bonds. The zero-order chi connectivity index (χ0) is 93.8. The molecule has 127 heavy (non-hydrogen) atoms. The van der Waals surface area contributed by atoms with Crippen LogP contribution in [-0.2, 0) is 150 Å². The summed E-state index contributed by atoms with van der Waals surface area (Å²) in [6.45, 7) is 16.7. The van der Waals surface area contributed by atoms with E-state index in [9.17, 15) is 81.5 Å². The van der Waals surface area contributed by atoms with E-state index in [0.717, 1.165) is 5.56 Å². The summed E-state index contributed by atoms with van der Waals surface area (Å²) in [7, 11) is 0. The number of benzene rings is 1. The molecule has 39 nitrogen and oxygen atoms in total. The van der Waals surface area contributed by atoms with Crippen LogP contribution in [0.25, 0.3) is 0 Å². The highest BCUT2D eigenvalue weighted by Gasteiger charge is 2.53. The first-order chi connectivity index (χ1) is 60.6. The average molecular weight is 1800 g/mol. The number of unbranched alkanes of at least 4 members (excludes halogenated alkanes) is 7. The van der Waals surface area contributed by atoms with E-state index in [1.54, 1.807) is 20.8 Å². The highest BCUT2D eigenvalue weighted by atomic mass is 16.7. The number of ketones is 2. The number of esters is 7. The number of carbonyl (C=O) groups excluding carboxylic acids is 17. The van der Waals surface area contributed by atoms with Crippen molar-refractivity contribution < 1.29 is 143 Å². The summed E-state index contributed by atoms with van der Waals surface area (Å²) in [5.41, 5.74) is 0.833. The SMILES string of the molecule is CCC1OC(OCCCCCC(=O)NCCCCC(=O)CN(CC(=O)NCCCNC(=O)CCCCCOC2OC(CC)C(OC(C)=O)C(OC(C)=O)C2NC(C)=O)C(CCCCCC(=O)CCCC(=O)OCc2ccccc2)C(=O)NCCCNC(=O)CCCOC2OC(CC)C(OC(C)=O)C(OC(C)=O)C2NC(C)=O)C(NC(C)=O)C(OC(C)=O)C1OC(C)=O. The van der Waals surface area contributed by atoms with Gasteiger partial charge in [0.1, 0.15) is 54.6 Å². The largest absolute Gasteiger partial charge is 0.461 e. The number of amides is 8. The summed E-state index contributed by atoms with van der Waals surface area (Å²) in [5, 5.41) is 22.5. The Bertz CT molecular complexity index is 3530. The van der Waals surface area contributed by atoms with Gasteiger partial charge in [0.25, 0.3) is 0 Å². The van der Waals surface area contributed by atoms with Crippen molar-refractivity contribution in [2.24, 2.45) is 0 Å². The normalized spacial score (nSPS) is 22.1. The maximum absolute atomic E-state index is 14.6. The van der Waals surface area contributed by atoms with E-state index in [2.05, 4.69) is 42.5 Å². The Morgan fingerprint density at radius 2 is 0.693 bits per heavy atom. The van der Waals surface area contributed by atoms with Gasteiger partial charge in [0.05, 0.1) is 25.7 Å². The fourth-order valence-electron chi connectivity index (χ4n) is 14.9. The van der Waals surface area contributed by atoms with Gasteiger partial charge in [0.2, 0.25) is 47.3 Å². The van der Waals surface area contributed by atoms with Crippen molar-refractivity contribution in [1.29, 1.82) is 0 Å². The summed E-state index contributed by atoms with van der Waals surface area (Å²) in [5.74, 6) is -8.02. The van der Waals surface area contributed by atoms with Gasteiger partial charge in [-0.3, -0.25) is 86.4 Å². The van der Waals surface area contributed by atoms with Crippen molar-refractivity contribution in [1.82, 2.24) is 47.4 Å². The first kappa shape index (κ1) is 110. The molecule has 0 aliphatic carbocycles. The van der Waals surface area contributed by atoms with Crippen molar-refractivity contribution in [3.8, 4) is 0 Å². The third-order valence-electron chi connectivity index (χ3n) is 20.7. The molecule has 0 spiro atoms. The van der Waals surface area contributed by atoms with Gasteiger partial charge in [0, 0.05) is 153 Å². The van der Waals surface area contributed by atoms with Gasteiger partial charge in [-0.25, -0.2) is 0 Å². The van der Waals surface area contributed by atoms with Crippen LogP contribution >= 0.6 is 0 Å². The van der Waals surface area contributed by atoms with Crippen molar-refractivity contribution in [2.45, 2.75) is 355 Å². The Kier molecular flexibility index (Phi) is 53.3. The van der Waals surface area contributed by atoms with E-state index >= 15 is 0 Å². The maximum atomic E-state index is 14.6. The summed E-state index contributed by atoms with van der Waals surface area (Å²) >= 11 is 0. The third kappa shape index (κ3) is 44.8. The van der Waals surface area contributed by atoms with E-state index in [-0.39, 0.29) is 159 Å². The molecule has 1 aromatic rings. The molecule has 0 aromatic heterocycles. The topological polar surface area (TPSA) is 510 Å². The van der Waals surface area contributed by atoms with Crippen LogP contribution in [0.5, 0.6) is 0 Å². The molecule has 3 fully saturated rings. The maximum Gasteiger partial charge on any atom is 0.306 e. The van der Waals surface area contributed by atoms with Crippen molar-refractivity contribution >= 4 is 101 Å². The zero-order valence-electron chi connectivity index (χ0n) is 76.0. The van der Waals surface area contributed by atoms with E-state index in [1.807, 2.05) is 30.3 Å². The van der Waals surface area contributed by atoms with Crippen LogP contribution in [0, 0.1) is 0 Å². The van der Waals surface area contributed by atoms with Crippen LogP contribution in [0.15, 0.2) is 30.3 Å². The van der Waals surface area contributed by atoms with Gasteiger partial charge in [-0.1, -0.05) is 76.8 Å². The molecular weight excluding hydrogens is 1660 g/mol. The number of carbonyl (C=O) groups is 17. The van der Waals surface area contributed by atoms with Gasteiger partial charge in [-0.05, 0) is 102 Å². The predicted molar refractivity (Wildman–Crippen MR) is 454 cm³/mol. The Balaban J connectivity index is 1.41. The quantitative estimate of drug-likeness (QED) is 0.0250. The lowest BCUT2D eigenvalue weighted by Gasteiger charge is -2.45. The lowest BCUT2D eigenvalue weighted by Crippen LogP contribution is -2.65. The van der Waals surface area contributed by atoms with E-state index in [1.165, 1.54) is 67.2 Å². The summed E-state index contributed by atoms with van der Waals surface area (Å²) in [6, 6.07) is 5.04. The fraction of sp³-hybridized carbons (Fsp3) is 0.739. The molecule has 8 N–H and O–H groups in total. The molecule has 4 rings (SSSR count). The van der Waals surface area contributed by atoms with E-state index < -0.39 is 176 Å². The van der Waals surface area contributed by atoms with Gasteiger partial charge < -0.3 is 104 Å². The summed E-state index contributed by atoms with van der Waals surface area (Å²) < 4.78 is 75.1.